The van der Waals surface area contributed by atoms with Gasteiger partial charge in [0.25, 0.3) is 5.56 Å². The normalized spacial score (nSPS) is 11.5. The van der Waals surface area contributed by atoms with Crippen molar-refractivity contribution in [3.05, 3.63) is 22.7 Å². The maximum absolute atomic E-state index is 11.9. The van der Waals surface area contributed by atoms with Crippen LogP contribution in [0.25, 0.3) is 0 Å². The highest BCUT2D eigenvalue weighted by atomic mass is 16.3. The van der Waals surface area contributed by atoms with E-state index < -0.39 is 0 Å². The molecule has 0 saturated heterocycles. The largest absolute Gasteiger partial charge is 0.396 e. The smallest absolute Gasteiger partial charge is 0.293 e. The van der Waals surface area contributed by atoms with Gasteiger partial charge in [0.1, 0.15) is 0 Å². The van der Waals surface area contributed by atoms with Gasteiger partial charge in [-0.1, -0.05) is 13.8 Å². The van der Waals surface area contributed by atoms with E-state index in [1.165, 1.54) is 0 Å². The molecule has 0 bridgehead atoms. The predicted octanol–water partition coefficient (Wildman–Crippen LogP) is 1.08. The standard InChI is InChI=1S/C12H21N3O2/c1-4-15-7-6-13-10(11(15)17)14-9-12(2,3)5-8-16/h6-7,16H,4-5,8-9H2,1-3H3,(H,13,14). The first kappa shape index (κ1) is 13.7. The van der Waals surface area contributed by atoms with Gasteiger partial charge in [-0.05, 0) is 18.8 Å². The van der Waals surface area contributed by atoms with Crippen molar-refractivity contribution in [1.29, 1.82) is 0 Å². The fraction of sp³-hybridized carbons (Fsp3) is 0.667. The molecule has 1 aromatic heterocycles. The summed E-state index contributed by atoms with van der Waals surface area (Å²) in [7, 11) is 0. The van der Waals surface area contributed by atoms with Gasteiger partial charge in [-0.15, -0.1) is 0 Å². The van der Waals surface area contributed by atoms with E-state index in [-0.39, 0.29) is 17.6 Å². The van der Waals surface area contributed by atoms with Gasteiger partial charge in [0.05, 0.1) is 0 Å². The Labute approximate surface area is 102 Å². The molecule has 0 amide bonds. The minimum absolute atomic E-state index is 0.0598. The Bertz CT molecular complexity index is 412. The van der Waals surface area contributed by atoms with E-state index in [1.54, 1.807) is 17.0 Å². The van der Waals surface area contributed by atoms with Crippen molar-refractivity contribution in [2.75, 3.05) is 18.5 Å². The number of nitrogens with zero attached hydrogens (tertiary/aromatic N) is 2. The lowest BCUT2D eigenvalue weighted by Crippen LogP contribution is -2.29. The Hall–Kier alpha value is -1.36. The summed E-state index contributed by atoms with van der Waals surface area (Å²) in [6, 6.07) is 0. The van der Waals surface area contributed by atoms with Crippen LogP contribution in [0.3, 0.4) is 0 Å². The van der Waals surface area contributed by atoms with E-state index >= 15 is 0 Å². The maximum Gasteiger partial charge on any atom is 0.293 e. The molecule has 5 heteroatoms. The third kappa shape index (κ3) is 3.85. The summed E-state index contributed by atoms with van der Waals surface area (Å²) in [6.45, 7) is 7.39. The molecule has 0 aliphatic carbocycles. The van der Waals surface area contributed by atoms with Crippen LogP contribution in [0.2, 0.25) is 0 Å². The average Bonchev–Trinajstić information content (AvgIpc) is 2.28. The number of hydrogen-bond donors (Lipinski definition) is 2. The monoisotopic (exact) mass is 239 g/mol. The van der Waals surface area contributed by atoms with Crippen LogP contribution in [0, 0.1) is 5.41 Å². The van der Waals surface area contributed by atoms with Crippen LogP contribution in [0.1, 0.15) is 27.2 Å². The Kier molecular flexibility index (Phi) is 4.69. The van der Waals surface area contributed by atoms with Crippen LogP contribution in [0.4, 0.5) is 5.82 Å². The first-order chi connectivity index (χ1) is 8.00. The summed E-state index contributed by atoms with van der Waals surface area (Å²) >= 11 is 0. The number of aliphatic hydroxyl groups excluding tert-OH is 1. The molecule has 0 atom stereocenters. The van der Waals surface area contributed by atoms with Crippen molar-refractivity contribution in [2.45, 2.75) is 33.7 Å². The Morgan fingerprint density at radius 2 is 2.24 bits per heavy atom. The fourth-order valence-electron chi connectivity index (χ4n) is 1.53. The molecule has 2 N–H and O–H groups in total. The first-order valence-electron chi connectivity index (χ1n) is 5.90. The van der Waals surface area contributed by atoms with Gasteiger partial charge >= 0.3 is 0 Å². The number of rotatable bonds is 6. The minimum atomic E-state index is -0.102. The molecule has 0 radical (unpaired) electrons. The first-order valence-corrected chi connectivity index (χ1v) is 5.90. The summed E-state index contributed by atoms with van der Waals surface area (Å²) in [5.41, 5.74) is -0.162. The molecule has 0 spiro atoms. The van der Waals surface area contributed by atoms with Crippen LogP contribution in [0.5, 0.6) is 0 Å². The van der Waals surface area contributed by atoms with Crippen molar-refractivity contribution < 1.29 is 5.11 Å². The summed E-state index contributed by atoms with van der Waals surface area (Å²) < 4.78 is 1.61. The Morgan fingerprint density at radius 3 is 2.82 bits per heavy atom. The average molecular weight is 239 g/mol. The van der Waals surface area contributed by atoms with Crippen LogP contribution in [-0.4, -0.2) is 27.8 Å². The van der Waals surface area contributed by atoms with Crippen LogP contribution in [0.15, 0.2) is 17.2 Å². The van der Waals surface area contributed by atoms with E-state index in [0.29, 0.717) is 25.3 Å². The molecule has 1 heterocycles. The van der Waals surface area contributed by atoms with Crippen molar-refractivity contribution in [2.24, 2.45) is 5.41 Å². The molecule has 0 saturated carbocycles. The van der Waals surface area contributed by atoms with Gasteiger partial charge in [0.15, 0.2) is 5.82 Å². The van der Waals surface area contributed by atoms with E-state index in [1.807, 2.05) is 20.8 Å². The summed E-state index contributed by atoms with van der Waals surface area (Å²) in [4.78, 5) is 15.9. The lowest BCUT2D eigenvalue weighted by Gasteiger charge is -2.23. The highest BCUT2D eigenvalue weighted by Crippen LogP contribution is 2.19. The van der Waals surface area contributed by atoms with Crippen LogP contribution in [-0.2, 0) is 6.54 Å². The quantitative estimate of drug-likeness (QED) is 0.779. The van der Waals surface area contributed by atoms with Gasteiger partial charge < -0.3 is 15.0 Å². The zero-order valence-electron chi connectivity index (χ0n) is 10.7. The van der Waals surface area contributed by atoms with Gasteiger partial charge in [0, 0.05) is 32.1 Å². The van der Waals surface area contributed by atoms with Gasteiger partial charge in [-0.25, -0.2) is 4.98 Å². The highest BCUT2D eigenvalue weighted by Gasteiger charge is 2.17. The molecule has 0 aromatic carbocycles. The lowest BCUT2D eigenvalue weighted by atomic mass is 9.90. The molecule has 1 aromatic rings. The number of aromatic nitrogens is 2. The molecule has 0 fully saturated rings. The lowest BCUT2D eigenvalue weighted by molar-refractivity contribution is 0.220. The Balaban J connectivity index is 2.73. The molecule has 17 heavy (non-hydrogen) atoms. The van der Waals surface area contributed by atoms with E-state index in [9.17, 15) is 4.79 Å². The summed E-state index contributed by atoms with van der Waals surface area (Å²) in [6.07, 6.45) is 3.98. The third-order valence-corrected chi connectivity index (χ3v) is 2.78. The van der Waals surface area contributed by atoms with E-state index in [4.69, 9.17) is 5.11 Å². The number of aliphatic hydroxyl groups is 1. The van der Waals surface area contributed by atoms with Gasteiger partial charge in [-0.2, -0.15) is 0 Å². The second kappa shape index (κ2) is 5.82. The molecule has 1 rings (SSSR count). The van der Waals surface area contributed by atoms with Crippen molar-refractivity contribution in [1.82, 2.24) is 9.55 Å². The van der Waals surface area contributed by atoms with E-state index in [0.717, 1.165) is 0 Å². The van der Waals surface area contributed by atoms with Gasteiger partial charge in [0.2, 0.25) is 0 Å². The maximum atomic E-state index is 11.9. The minimum Gasteiger partial charge on any atom is -0.396 e. The predicted molar refractivity (Wildman–Crippen MR) is 68.1 cm³/mol. The van der Waals surface area contributed by atoms with Gasteiger partial charge in [-0.3, -0.25) is 4.79 Å². The van der Waals surface area contributed by atoms with Crippen molar-refractivity contribution in [3.63, 3.8) is 0 Å². The Morgan fingerprint density at radius 1 is 1.53 bits per heavy atom. The topological polar surface area (TPSA) is 67.2 Å². The molecular formula is C12H21N3O2. The second-order valence-electron chi connectivity index (χ2n) is 4.86. The third-order valence-electron chi connectivity index (χ3n) is 2.78. The van der Waals surface area contributed by atoms with Crippen molar-refractivity contribution >= 4 is 5.82 Å². The highest BCUT2D eigenvalue weighted by molar-refractivity contribution is 5.31. The van der Waals surface area contributed by atoms with E-state index in [2.05, 4.69) is 10.3 Å². The molecule has 0 unspecified atom stereocenters. The van der Waals surface area contributed by atoms with Crippen LogP contribution >= 0.6 is 0 Å². The molecule has 5 nitrogen and oxygen atoms in total. The SMILES string of the molecule is CCn1ccnc(NCC(C)(C)CCO)c1=O. The molecule has 0 aliphatic rings. The van der Waals surface area contributed by atoms with Crippen molar-refractivity contribution in [3.8, 4) is 0 Å². The second-order valence-corrected chi connectivity index (χ2v) is 4.86. The molecule has 96 valence electrons. The van der Waals surface area contributed by atoms with Crippen LogP contribution < -0.4 is 10.9 Å². The summed E-state index contributed by atoms with van der Waals surface area (Å²) in [5, 5.41) is 12.0. The number of anilines is 1. The number of nitrogens with one attached hydrogen (secondary N) is 1. The zero-order chi connectivity index (χ0) is 12.9. The number of hydrogen-bond acceptors (Lipinski definition) is 4. The fourth-order valence-corrected chi connectivity index (χ4v) is 1.53. The summed E-state index contributed by atoms with van der Waals surface area (Å²) in [5.74, 6) is 0.375. The molecule has 0 aliphatic heterocycles. The molecular weight excluding hydrogens is 218 g/mol. The zero-order valence-corrected chi connectivity index (χ0v) is 10.7. The number of aryl methyl sites for hydroxylation is 1.